The van der Waals surface area contributed by atoms with Crippen LogP contribution in [0.4, 0.5) is 28.8 Å². The average molecular weight is 910 g/mol. The van der Waals surface area contributed by atoms with E-state index in [0.717, 1.165) is 93.7 Å². The molecule has 4 aromatic rings. The molecule has 1 aliphatic carbocycles. The van der Waals surface area contributed by atoms with Gasteiger partial charge in [-0.05, 0) is 74.9 Å². The highest BCUT2D eigenvalue weighted by molar-refractivity contribution is 7.70. The minimum atomic E-state index is -2.56. The van der Waals surface area contributed by atoms with Crippen LogP contribution in [0.5, 0.6) is 11.5 Å². The lowest BCUT2D eigenvalue weighted by molar-refractivity contribution is -0.136. The molecule has 17 heteroatoms. The third kappa shape index (κ3) is 9.05. The standard InChI is InChI=1S/C47H57ClN9O6P/c1-5-29-23-37(51-47-49-27-35(48)44(53-47)50-36-10-6-7-12-42(36)64(3,4)61)41(62-2)26-39(29)56-17-15-30(16-18-56)54-19-21-55(22-20-54)31-24-32(25-31)63-40-11-8-9-33-34(40)28-57(46(33)60)38-13-14-43(58)52-45(38)59/h6-12,23,26-27,30-32,38H,5,13-22,24-25,28H2,1-4H3,(H,52,58,59)(H2,49,50,51,53)/t31-,32+,38?. The smallest absolute Gasteiger partial charge is 0.255 e. The van der Waals surface area contributed by atoms with E-state index in [1.807, 2.05) is 36.4 Å². The second kappa shape index (κ2) is 18.3. The normalized spacial score (nSPS) is 22.2. The van der Waals surface area contributed by atoms with Gasteiger partial charge in [0, 0.05) is 98.8 Å². The molecule has 4 aliphatic heterocycles. The number of methoxy groups -OCH3 is 1. The van der Waals surface area contributed by atoms with Crippen molar-refractivity contribution in [3.05, 3.63) is 82.5 Å². The van der Waals surface area contributed by atoms with Crippen molar-refractivity contribution < 1.29 is 28.4 Å². The van der Waals surface area contributed by atoms with Crippen LogP contribution in [0, 0.1) is 0 Å². The topological polar surface area (TPSA) is 162 Å². The van der Waals surface area contributed by atoms with E-state index in [4.69, 9.17) is 26.1 Å². The molecule has 15 nitrogen and oxygen atoms in total. The number of para-hydroxylation sites is 1. The highest BCUT2D eigenvalue weighted by Crippen LogP contribution is 2.41. The van der Waals surface area contributed by atoms with Crippen molar-refractivity contribution in [3.8, 4) is 11.5 Å². The Bertz CT molecular complexity index is 2480. The van der Waals surface area contributed by atoms with Gasteiger partial charge in [0.25, 0.3) is 5.91 Å². The van der Waals surface area contributed by atoms with E-state index in [1.54, 1.807) is 37.6 Å². The first kappa shape index (κ1) is 44.0. The molecule has 5 aliphatic rings. The maximum atomic E-state index is 13.3. The van der Waals surface area contributed by atoms with E-state index in [2.05, 4.69) is 54.7 Å². The van der Waals surface area contributed by atoms with Gasteiger partial charge in [-0.15, -0.1) is 0 Å². The van der Waals surface area contributed by atoms with Crippen LogP contribution < -0.4 is 35.6 Å². The number of nitrogens with one attached hydrogen (secondary N) is 3. The number of piperidine rings is 2. The fourth-order valence-corrected chi connectivity index (χ4v) is 11.3. The number of hydrogen-bond donors (Lipinski definition) is 3. The Kier molecular flexibility index (Phi) is 12.6. The quantitative estimate of drug-likeness (QED) is 0.100. The average Bonchev–Trinajstić information content (AvgIpc) is 3.61. The van der Waals surface area contributed by atoms with E-state index >= 15 is 0 Å². The number of amides is 3. The van der Waals surface area contributed by atoms with E-state index in [-0.39, 0.29) is 24.3 Å². The summed E-state index contributed by atoms with van der Waals surface area (Å²) in [5.74, 6) is 1.31. The molecule has 0 radical (unpaired) electrons. The molecule has 5 heterocycles. The summed E-state index contributed by atoms with van der Waals surface area (Å²) < 4.78 is 25.4. The number of imide groups is 1. The molecule has 4 fully saturated rings. The molecule has 9 rings (SSSR count). The van der Waals surface area contributed by atoms with E-state index in [9.17, 15) is 18.9 Å². The van der Waals surface area contributed by atoms with Gasteiger partial charge < -0.3 is 34.5 Å². The summed E-state index contributed by atoms with van der Waals surface area (Å²) in [6, 6.07) is 17.7. The largest absolute Gasteiger partial charge is 0.494 e. The van der Waals surface area contributed by atoms with Gasteiger partial charge >= 0.3 is 0 Å². The first-order valence-electron chi connectivity index (χ1n) is 22.4. The molecule has 1 saturated carbocycles. The van der Waals surface area contributed by atoms with E-state index < -0.39 is 19.1 Å². The number of nitrogens with zero attached hydrogens (tertiary/aromatic N) is 6. The van der Waals surface area contributed by atoms with Crippen LogP contribution in [-0.2, 0) is 27.1 Å². The first-order chi connectivity index (χ1) is 30.9. The molecule has 3 aromatic carbocycles. The lowest BCUT2D eigenvalue weighted by Crippen LogP contribution is -2.58. The van der Waals surface area contributed by atoms with Gasteiger partial charge in [-0.25, -0.2) is 4.98 Å². The fourth-order valence-electron chi connectivity index (χ4n) is 9.99. The fraction of sp³-hybridized carbons (Fsp3) is 0.468. The highest BCUT2D eigenvalue weighted by Gasteiger charge is 2.42. The molecule has 338 valence electrons. The first-order valence-corrected chi connectivity index (χ1v) is 25.4. The number of aromatic nitrogens is 2. The number of aryl methyl sites for hydroxylation is 1. The molecule has 3 saturated heterocycles. The van der Waals surface area contributed by atoms with Gasteiger partial charge in [0.15, 0.2) is 5.82 Å². The van der Waals surface area contributed by atoms with Gasteiger partial charge in [-0.2, -0.15) is 4.98 Å². The molecular weight excluding hydrogens is 853 g/mol. The number of carbonyl (C=O) groups is 3. The molecule has 0 bridgehead atoms. The summed E-state index contributed by atoms with van der Waals surface area (Å²) in [6.07, 6.45) is 7.15. The van der Waals surface area contributed by atoms with Crippen LogP contribution >= 0.6 is 18.7 Å². The van der Waals surface area contributed by atoms with E-state index in [1.165, 1.54) is 11.3 Å². The molecule has 1 atom stereocenters. The lowest BCUT2D eigenvalue weighted by Gasteiger charge is -2.48. The van der Waals surface area contributed by atoms with Crippen molar-refractivity contribution in [2.24, 2.45) is 0 Å². The molecule has 64 heavy (non-hydrogen) atoms. The number of hydrogen-bond acceptors (Lipinski definition) is 13. The third-order valence-corrected chi connectivity index (χ3v) is 15.4. The van der Waals surface area contributed by atoms with Gasteiger partial charge in [-0.1, -0.05) is 36.7 Å². The second-order valence-corrected chi connectivity index (χ2v) is 21.5. The third-order valence-electron chi connectivity index (χ3n) is 13.6. The molecule has 0 spiro atoms. The number of fused-ring (bicyclic) bond motifs is 1. The zero-order chi connectivity index (χ0) is 44.7. The van der Waals surface area contributed by atoms with Crippen molar-refractivity contribution in [1.82, 2.24) is 30.0 Å². The van der Waals surface area contributed by atoms with Crippen LogP contribution in [0.1, 0.15) is 66.9 Å². The molecule has 3 amide bonds. The number of rotatable bonds is 13. The summed E-state index contributed by atoms with van der Waals surface area (Å²) in [5, 5.41) is 10.1. The predicted octanol–water partition coefficient (Wildman–Crippen LogP) is 6.39. The van der Waals surface area contributed by atoms with Gasteiger partial charge in [0.2, 0.25) is 17.8 Å². The van der Waals surface area contributed by atoms with Crippen LogP contribution in [-0.4, -0.2) is 126 Å². The molecule has 1 unspecified atom stereocenters. The Morgan fingerprint density at radius 3 is 2.31 bits per heavy atom. The summed E-state index contributed by atoms with van der Waals surface area (Å²) in [5.41, 5.74) is 5.26. The number of ether oxygens (including phenoxy) is 2. The van der Waals surface area contributed by atoms with Crippen molar-refractivity contribution >= 4 is 70.6 Å². The number of carbonyl (C=O) groups excluding carboxylic acids is 3. The zero-order valence-corrected chi connectivity index (χ0v) is 38.6. The van der Waals surface area contributed by atoms with Crippen LogP contribution in [0.15, 0.2) is 60.8 Å². The van der Waals surface area contributed by atoms with E-state index in [0.29, 0.717) is 58.8 Å². The number of piperazine rings is 1. The Labute approximate surface area is 379 Å². The Balaban J connectivity index is 0.760. The minimum absolute atomic E-state index is 0.0876. The van der Waals surface area contributed by atoms with Crippen molar-refractivity contribution in [1.29, 1.82) is 0 Å². The van der Waals surface area contributed by atoms with Crippen LogP contribution in [0.3, 0.4) is 0 Å². The summed E-state index contributed by atoms with van der Waals surface area (Å²) in [7, 11) is -0.880. The SMILES string of the molecule is CCc1cc(Nc2ncc(Cl)c(Nc3ccccc3P(C)(C)=O)n2)c(OC)cc1N1CCC(N2CCN([C@H]3C[C@@H](Oc4cccc5c4CN(C4CCC(=O)NC4=O)C5=O)C3)CC2)CC1. The minimum Gasteiger partial charge on any atom is -0.494 e. The Hall–Kier alpha value is -5.21. The number of benzene rings is 3. The van der Waals surface area contributed by atoms with Gasteiger partial charge in [-0.3, -0.25) is 29.5 Å². The highest BCUT2D eigenvalue weighted by atomic mass is 35.5. The molecule has 1 aromatic heterocycles. The van der Waals surface area contributed by atoms with Crippen molar-refractivity contribution in [2.45, 2.75) is 82.6 Å². The van der Waals surface area contributed by atoms with Crippen molar-refractivity contribution in [3.63, 3.8) is 0 Å². The van der Waals surface area contributed by atoms with Crippen LogP contribution in [0.25, 0.3) is 0 Å². The summed E-state index contributed by atoms with van der Waals surface area (Å²) >= 11 is 6.54. The molecular formula is C47H57ClN9O6P. The number of anilines is 5. The van der Waals surface area contributed by atoms with Gasteiger partial charge in [0.1, 0.15) is 35.8 Å². The summed E-state index contributed by atoms with van der Waals surface area (Å²) in [6.45, 7) is 12.1. The maximum absolute atomic E-state index is 13.3. The molecule has 3 N–H and O–H groups in total. The second-order valence-electron chi connectivity index (χ2n) is 17.9. The van der Waals surface area contributed by atoms with Gasteiger partial charge in [0.05, 0.1) is 31.2 Å². The Morgan fingerprint density at radius 1 is 0.875 bits per heavy atom. The summed E-state index contributed by atoms with van der Waals surface area (Å²) in [4.78, 5) is 56.1. The monoisotopic (exact) mass is 909 g/mol. The van der Waals surface area contributed by atoms with Crippen LogP contribution in [0.2, 0.25) is 5.02 Å². The Morgan fingerprint density at radius 2 is 1.61 bits per heavy atom. The zero-order valence-electron chi connectivity index (χ0n) is 36.9. The number of halogens is 1. The lowest BCUT2D eigenvalue weighted by atomic mass is 9.87. The predicted molar refractivity (Wildman–Crippen MR) is 250 cm³/mol. The maximum Gasteiger partial charge on any atom is 0.255 e. The van der Waals surface area contributed by atoms with Crippen molar-refractivity contribution in [2.75, 3.05) is 75.2 Å².